The standard InChI is InChI=1S/C14H22N2O2/c1-2-3-9-16-14(18)13(17)12(15)10-11-7-5-4-6-8-11/h4-8,12-13,17H,2-3,9-10,15H2,1H3,(H,16,18)/t12-,13+/m0/s1. The van der Waals surface area contributed by atoms with Crippen molar-refractivity contribution >= 4 is 5.91 Å². The van der Waals surface area contributed by atoms with Crippen LogP contribution in [0.25, 0.3) is 0 Å². The molecule has 0 aliphatic heterocycles. The van der Waals surface area contributed by atoms with Crippen molar-refractivity contribution in [2.24, 2.45) is 5.73 Å². The van der Waals surface area contributed by atoms with E-state index in [1.165, 1.54) is 0 Å². The van der Waals surface area contributed by atoms with Crippen molar-refractivity contribution in [2.45, 2.75) is 38.3 Å². The maximum atomic E-state index is 11.6. The van der Waals surface area contributed by atoms with Crippen molar-refractivity contribution in [1.29, 1.82) is 0 Å². The molecule has 1 amide bonds. The summed E-state index contributed by atoms with van der Waals surface area (Å²) >= 11 is 0. The highest BCUT2D eigenvalue weighted by Crippen LogP contribution is 2.04. The number of carbonyl (C=O) groups is 1. The lowest BCUT2D eigenvalue weighted by molar-refractivity contribution is -0.130. The topological polar surface area (TPSA) is 75.3 Å². The number of nitrogens with two attached hydrogens (primary N) is 1. The van der Waals surface area contributed by atoms with E-state index in [1.54, 1.807) is 0 Å². The van der Waals surface area contributed by atoms with Crippen LogP contribution in [0.15, 0.2) is 30.3 Å². The average molecular weight is 250 g/mol. The number of unbranched alkanes of at least 4 members (excludes halogenated alkanes) is 1. The zero-order chi connectivity index (χ0) is 13.4. The monoisotopic (exact) mass is 250 g/mol. The smallest absolute Gasteiger partial charge is 0.250 e. The molecule has 18 heavy (non-hydrogen) atoms. The van der Waals surface area contributed by atoms with E-state index in [1.807, 2.05) is 37.3 Å². The highest BCUT2D eigenvalue weighted by molar-refractivity contribution is 5.81. The van der Waals surface area contributed by atoms with Crippen molar-refractivity contribution in [3.05, 3.63) is 35.9 Å². The van der Waals surface area contributed by atoms with Crippen LogP contribution in [0, 0.1) is 0 Å². The molecule has 0 aromatic heterocycles. The number of hydrogen-bond acceptors (Lipinski definition) is 3. The maximum Gasteiger partial charge on any atom is 0.250 e. The van der Waals surface area contributed by atoms with Gasteiger partial charge < -0.3 is 16.2 Å². The molecule has 1 aromatic carbocycles. The number of amides is 1. The molecule has 0 bridgehead atoms. The van der Waals surface area contributed by atoms with Gasteiger partial charge in [0, 0.05) is 12.6 Å². The van der Waals surface area contributed by atoms with Crippen LogP contribution >= 0.6 is 0 Å². The fourth-order valence-electron chi connectivity index (χ4n) is 1.69. The van der Waals surface area contributed by atoms with Crippen LogP contribution in [0.3, 0.4) is 0 Å². The summed E-state index contributed by atoms with van der Waals surface area (Å²) in [4.78, 5) is 11.6. The number of aliphatic hydroxyl groups is 1. The summed E-state index contributed by atoms with van der Waals surface area (Å²) in [5, 5.41) is 12.5. The molecule has 0 aliphatic carbocycles. The molecule has 4 nitrogen and oxygen atoms in total. The molecule has 2 atom stereocenters. The molecule has 4 heteroatoms. The molecule has 100 valence electrons. The average Bonchev–Trinajstić information content (AvgIpc) is 2.39. The van der Waals surface area contributed by atoms with Crippen molar-refractivity contribution in [3.8, 4) is 0 Å². The van der Waals surface area contributed by atoms with Gasteiger partial charge in [-0.25, -0.2) is 0 Å². The highest BCUT2D eigenvalue weighted by atomic mass is 16.3. The van der Waals surface area contributed by atoms with E-state index in [2.05, 4.69) is 5.32 Å². The van der Waals surface area contributed by atoms with Crippen LogP contribution in [0.5, 0.6) is 0 Å². The Balaban J connectivity index is 2.40. The van der Waals surface area contributed by atoms with Gasteiger partial charge in [-0.05, 0) is 18.4 Å². The summed E-state index contributed by atoms with van der Waals surface area (Å²) in [5.74, 6) is -0.383. The van der Waals surface area contributed by atoms with Gasteiger partial charge in [0.15, 0.2) is 0 Å². The molecule has 4 N–H and O–H groups in total. The van der Waals surface area contributed by atoms with E-state index in [4.69, 9.17) is 5.73 Å². The number of carbonyl (C=O) groups excluding carboxylic acids is 1. The molecular weight excluding hydrogens is 228 g/mol. The number of hydrogen-bond donors (Lipinski definition) is 3. The first-order valence-corrected chi connectivity index (χ1v) is 6.40. The first-order valence-electron chi connectivity index (χ1n) is 6.40. The number of benzene rings is 1. The lowest BCUT2D eigenvalue weighted by Gasteiger charge is -2.18. The minimum absolute atomic E-state index is 0.383. The molecule has 0 heterocycles. The van der Waals surface area contributed by atoms with E-state index < -0.39 is 12.1 Å². The third-order valence-electron chi connectivity index (χ3n) is 2.82. The number of rotatable bonds is 7. The van der Waals surface area contributed by atoms with Gasteiger partial charge in [0.1, 0.15) is 6.10 Å². The van der Waals surface area contributed by atoms with E-state index in [0.29, 0.717) is 13.0 Å². The van der Waals surface area contributed by atoms with E-state index in [9.17, 15) is 9.90 Å². The van der Waals surface area contributed by atoms with Crippen LogP contribution in [0.4, 0.5) is 0 Å². The number of aliphatic hydroxyl groups excluding tert-OH is 1. The Bertz CT molecular complexity index is 354. The molecule has 1 rings (SSSR count). The van der Waals surface area contributed by atoms with Crippen molar-refractivity contribution in [2.75, 3.05) is 6.54 Å². The summed E-state index contributed by atoms with van der Waals surface area (Å²) in [5.41, 5.74) is 6.86. The van der Waals surface area contributed by atoms with Gasteiger partial charge in [0.05, 0.1) is 0 Å². The summed E-state index contributed by atoms with van der Waals surface area (Å²) in [7, 11) is 0. The highest BCUT2D eigenvalue weighted by Gasteiger charge is 2.22. The third kappa shape index (κ3) is 4.85. The molecule has 0 spiro atoms. The molecule has 1 aromatic rings. The van der Waals surface area contributed by atoms with Gasteiger partial charge in [-0.1, -0.05) is 43.7 Å². The maximum absolute atomic E-state index is 11.6. The van der Waals surface area contributed by atoms with Crippen LogP contribution in [-0.2, 0) is 11.2 Å². The largest absolute Gasteiger partial charge is 0.382 e. The predicted octanol–water partition coefficient (Wildman–Crippen LogP) is 0.834. The Morgan fingerprint density at radius 2 is 2.06 bits per heavy atom. The Hall–Kier alpha value is -1.39. The summed E-state index contributed by atoms with van der Waals surface area (Å²) in [6.45, 7) is 2.63. The number of nitrogens with one attached hydrogen (secondary N) is 1. The molecule has 0 radical (unpaired) electrons. The van der Waals surface area contributed by atoms with Gasteiger partial charge in [0.2, 0.25) is 5.91 Å². The van der Waals surface area contributed by atoms with Crippen molar-refractivity contribution < 1.29 is 9.90 Å². The first kappa shape index (κ1) is 14.7. The normalized spacial score (nSPS) is 13.9. The van der Waals surface area contributed by atoms with Crippen LogP contribution in [-0.4, -0.2) is 29.7 Å². The minimum atomic E-state index is -1.15. The van der Waals surface area contributed by atoms with Gasteiger partial charge in [0.25, 0.3) is 0 Å². The summed E-state index contributed by atoms with van der Waals surface area (Å²) in [6.07, 6.45) is 1.25. The fraction of sp³-hybridized carbons (Fsp3) is 0.500. The molecule has 0 aliphatic rings. The van der Waals surface area contributed by atoms with Crippen LogP contribution in [0.1, 0.15) is 25.3 Å². The molecular formula is C14H22N2O2. The fourth-order valence-corrected chi connectivity index (χ4v) is 1.69. The summed E-state index contributed by atoms with van der Waals surface area (Å²) < 4.78 is 0. The third-order valence-corrected chi connectivity index (χ3v) is 2.82. The first-order chi connectivity index (χ1) is 8.65. The van der Waals surface area contributed by atoms with Gasteiger partial charge in [-0.2, -0.15) is 0 Å². The quantitative estimate of drug-likeness (QED) is 0.628. The van der Waals surface area contributed by atoms with Gasteiger partial charge >= 0.3 is 0 Å². The van der Waals surface area contributed by atoms with Gasteiger partial charge in [-0.15, -0.1) is 0 Å². The van der Waals surface area contributed by atoms with Crippen LogP contribution in [0.2, 0.25) is 0 Å². The van der Waals surface area contributed by atoms with Crippen LogP contribution < -0.4 is 11.1 Å². The second-order valence-corrected chi connectivity index (χ2v) is 4.44. The Labute approximate surface area is 108 Å². The SMILES string of the molecule is CCCCNC(=O)[C@H](O)[C@@H](N)Cc1ccccc1. The lowest BCUT2D eigenvalue weighted by atomic mass is 10.0. The Kier molecular flexibility index (Phi) is 6.39. The summed E-state index contributed by atoms with van der Waals surface area (Å²) in [6, 6.07) is 9.03. The molecule has 0 unspecified atom stereocenters. The van der Waals surface area contributed by atoms with Gasteiger partial charge in [-0.3, -0.25) is 4.79 Å². The van der Waals surface area contributed by atoms with Crippen molar-refractivity contribution in [3.63, 3.8) is 0 Å². The second kappa shape index (κ2) is 7.84. The molecule has 0 saturated heterocycles. The van der Waals surface area contributed by atoms with Crippen molar-refractivity contribution in [1.82, 2.24) is 5.32 Å². The van der Waals surface area contributed by atoms with E-state index in [-0.39, 0.29) is 5.91 Å². The molecule has 0 fully saturated rings. The Morgan fingerprint density at radius 1 is 1.39 bits per heavy atom. The lowest BCUT2D eigenvalue weighted by Crippen LogP contribution is -2.47. The predicted molar refractivity (Wildman–Crippen MR) is 72.0 cm³/mol. The van der Waals surface area contributed by atoms with E-state index >= 15 is 0 Å². The second-order valence-electron chi connectivity index (χ2n) is 4.44. The zero-order valence-electron chi connectivity index (χ0n) is 10.8. The minimum Gasteiger partial charge on any atom is -0.382 e. The van der Waals surface area contributed by atoms with E-state index in [0.717, 1.165) is 18.4 Å². The molecule has 0 saturated carbocycles. The zero-order valence-corrected chi connectivity index (χ0v) is 10.8. The Morgan fingerprint density at radius 3 is 2.67 bits per heavy atom.